The van der Waals surface area contributed by atoms with Gasteiger partial charge in [-0.1, -0.05) is 24.6 Å². The van der Waals surface area contributed by atoms with E-state index < -0.39 is 0 Å². The van der Waals surface area contributed by atoms with Crippen molar-refractivity contribution >= 4 is 40.5 Å². The van der Waals surface area contributed by atoms with E-state index in [-0.39, 0.29) is 18.4 Å². The molecular weight excluding hydrogens is 326 g/mol. The monoisotopic (exact) mass is 345 g/mol. The lowest BCUT2D eigenvalue weighted by molar-refractivity contribution is -0.116. The van der Waals surface area contributed by atoms with E-state index in [4.69, 9.17) is 11.6 Å². The van der Waals surface area contributed by atoms with Crippen LogP contribution in [0.5, 0.6) is 0 Å². The van der Waals surface area contributed by atoms with Crippen LogP contribution in [-0.4, -0.2) is 18.4 Å². The molecule has 0 radical (unpaired) electrons. The Bertz CT molecular complexity index is 730. The van der Waals surface area contributed by atoms with Crippen LogP contribution in [0.4, 0.5) is 17.1 Å². The molecule has 0 aliphatic rings. The van der Waals surface area contributed by atoms with Gasteiger partial charge in [0.15, 0.2) is 0 Å². The van der Waals surface area contributed by atoms with E-state index in [2.05, 4.69) is 16.0 Å². The predicted octanol–water partition coefficient (Wildman–Crippen LogP) is 4.05. The summed E-state index contributed by atoms with van der Waals surface area (Å²) in [5, 5.41) is 9.24. The highest BCUT2D eigenvalue weighted by molar-refractivity contribution is 6.31. The first-order valence-electron chi connectivity index (χ1n) is 7.68. The van der Waals surface area contributed by atoms with Crippen LogP contribution in [0.2, 0.25) is 5.02 Å². The first-order chi connectivity index (χ1) is 11.5. The fourth-order valence-corrected chi connectivity index (χ4v) is 2.21. The fourth-order valence-electron chi connectivity index (χ4n) is 2.04. The molecular formula is C18H20ClN3O2. The molecule has 2 aromatic carbocycles. The zero-order valence-corrected chi connectivity index (χ0v) is 14.4. The second-order valence-electron chi connectivity index (χ2n) is 5.29. The van der Waals surface area contributed by atoms with Crippen LogP contribution < -0.4 is 16.0 Å². The number of amides is 2. The first kappa shape index (κ1) is 17.8. The Balaban J connectivity index is 1.87. The lowest BCUT2D eigenvalue weighted by Crippen LogP contribution is -2.22. The summed E-state index contributed by atoms with van der Waals surface area (Å²) in [6.07, 6.45) is 0.434. The minimum atomic E-state index is -0.163. The molecule has 126 valence electrons. The highest BCUT2D eigenvalue weighted by atomic mass is 35.5. The van der Waals surface area contributed by atoms with E-state index in [1.54, 1.807) is 31.2 Å². The Hall–Kier alpha value is -2.53. The summed E-state index contributed by atoms with van der Waals surface area (Å²) in [7, 11) is 0. The zero-order valence-electron chi connectivity index (χ0n) is 13.7. The highest BCUT2D eigenvalue weighted by Gasteiger charge is 2.07. The molecule has 24 heavy (non-hydrogen) atoms. The van der Waals surface area contributed by atoms with Gasteiger partial charge in [-0.05, 0) is 48.9 Å². The molecule has 6 heteroatoms. The molecule has 0 aliphatic carbocycles. The lowest BCUT2D eigenvalue weighted by atomic mass is 10.2. The van der Waals surface area contributed by atoms with E-state index >= 15 is 0 Å². The van der Waals surface area contributed by atoms with Crippen molar-refractivity contribution in [3.8, 4) is 0 Å². The van der Waals surface area contributed by atoms with E-state index in [0.29, 0.717) is 17.1 Å². The fraction of sp³-hybridized carbons (Fsp3) is 0.222. The Morgan fingerprint density at radius 2 is 1.62 bits per heavy atom. The maximum Gasteiger partial charge on any atom is 0.243 e. The van der Waals surface area contributed by atoms with Crippen LogP contribution in [0, 0.1) is 6.92 Å². The summed E-state index contributed by atoms with van der Waals surface area (Å²) in [5.74, 6) is -0.198. The van der Waals surface area contributed by atoms with Crippen molar-refractivity contribution in [2.75, 3.05) is 22.5 Å². The molecule has 0 spiro atoms. The van der Waals surface area contributed by atoms with Crippen molar-refractivity contribution in [2.24, 2.45) is 0 Å². The van der Waals surface area contributed by atoms with Gasteiger partial charge in [0.25, 0.3) is 0 Å². The summed E-state index contributed by atoms with van der Waals surface area (Å²) in [4.78, 5) is 23.3. The molecule has 5 nitrogen and oxygen atoms in total. The normalized spacial score (nSPS) is 10.1. The van der Waals surface area contributed by atoms with Gasteiger partial charge in [0, 0.05) is 28.5 Å². The Labute approximate surface area is 146 Å². The van der Waals surface area contributed by atoms with Crippen molar-refractivity contribution in [1.82, 2.24) is 0 Å². The smallest absolute Gasteiger partial charge is 0.243 e. The summed E-state index contributed by atoms with van der Waals surface area (Å²) in [5.41, 5.74) is 3.06. The van der Waals surface area contributed by atoms with E-state index in [9.17, 15) is 9.59 Å². The maximum absolute atomic E-state index is 12.0. The van der Waals surface area contributed by atoms with Crippen molar-refractivity contribution in [3.05, 3.63) is 53.1 Å². The number of halogens is 1. The number of rotatable bonds is 6. The SMILES string of the molecule is CCC(=O)Nc1ccc(NCC(=O)Nc2cccc(Cl)c2C)cc1. The maximum atomic E-state index is 12.0. The van der Waals surface area contributed by atoms with Crippen molar-refractivity contribution in [3.63, 3.8) is 0 Å². The molecule has 0 unspecified atom stereocenters. The Morgan fingerprint density at radius 1 is 0.958 bits per heavy atom. The van der Waals surface area contributed by atoms with Gasteiger partial charge in [0.2, 0.25) is 11.8 Å². The molecule has 0 saturated heterocycles. The second kappa shape index (κ2) is 8.36. The second-order valence-corrected chi connectivity index (χ2v) is 5.70. The molecule has 2 amide bonds. The standard InChI is InChI=1S/C18H20ClN3O2/c1-3-17(23)21-14-9-7-13(8-10-14)20-11-18(24)22-16-6-4-5-15(19)12(16)2/h4-10,20H,3,11H2,1-2H3,(H,21,23)(H,22,24). The average molecular weight is 346 g/mol. The third kappa shape index (κ3) is 4.99. The van der Waals surface area contributed by atoms with Crippen LogP contribution in [0.15, 0.2) is 42.5 Å². The number of carbonyl (C=O) groups is 2. The van der Waals surface area contributed by atoms with Crippen LogP contribution in [0.1, 0.15) is 18.9 Å². The summed E-state index contributed by atoms with van der Waals surface area (Å²) in [6.45, 7) is 3.78. The average Bonchev–Trinajstić information content (AvgIpc) is 2.58. The molecule has 0 aliphatic heterocycles. The first-order valence-corrected chi connectivity index (χ1v) is 8.06. The third-order valence-electron chi connectivity index (χ3n) is 3.48. The number of hydrogen-bond acceptors (Lipinski definition) is 3. The van der Waals surface area contributed by atoms with E-state index in [1.165, 1.54) is 0 Å². The number of nitrogens with one attached hydrogen (secondary N) is 3. The van der Waals surface area contributed by atoms with Gasteiger partial charge < -0.3 is 16.0 Å². The highest BCUT2D eigenvalue weighted by Crippen LogP contribution is 2.22. The number of anilines is 3. The topological polar surface area (TPSA) is 70.2 Å². The largest absolute Gasteiger partial charge is 0.376 e. The number of hydrogen-bond donors (Lipinski definition) is 3. The van der Waals surface area contributed by atoms with Gasteiger partial charge in [-0.3, -0.25) is 9.59 Å². The summed E-state index contributed by atoms with van der Waals surface area (Å²) >= 11 is 6.03. The van der Waals surface area contributed by atoms with Crippen molar-refractivity contribution in [2.45, 2.75) is 20.3 Å². The molecule has 2 rings (SSSR count). The van der Waals surface area contributed by atoms with Gasteiger partial charge in [0.1, 0.15) is 0 Å². The van der Waals surface area contributed by atoms with E-state index in [0.717, 1.165) is 16.9 Å². The van der Waals surface area contributed by atoms with Gasteiger partial charge in [-0.25, -0.2) is 0 Å². The molecule has 0 fully saturated rings. The Kier molecular flexibility index (Phi) is 6.21. The van der Waals surface area contributed by atoms with Gasteiger partial charge in [-0.2, -0.15) is 0 Å². The van der Waals surface area contributed by atoms with Crippen LogP contribution in [0.25, 0.3) is 0 Å². The van der Waals surface area contributed by atoms with Crippen LogP contribution >= 0.6 is 11.6 Å². The van der Waals surface area contributed by atoms with Crippen LogP contribution in [0.3, 0.4) is 0 Å². The van der Waals surface area contributed by atoms with Crippen molar-refractivity contribution in [1.29, 1.82) is 0 Å². The predicted molar refractivity (Wildman–Crippen MR) is 98.7 cm³/mol. The molecule has 3 N–H and O–H groups in total. The minimum Gasteiger partial charge on any atom is -0.376 e. The number of benzene rings is 2. The summed E-state index contributed by atoms with van der Waals surface area (Å²) in [6, 6.07) is 12.6. The van der Waals surface area contributed by atoms with Crippen molar-refractivity contribution < 1.29 is 9.59 Å². The lowest BCUT2D eigenvalue weighted by Gasteiger charge is -2.11. The van der Waals surface area contributed by atoms with Gasteiger partial charge >= 0.3 is 0 Å². The minimum absolute atomic E-state index is 0.0352. The molecule has 2 aromatic rings. The molecule has 0 saturated carbocycles. The molecule has 0 atom stereocenters. The third-order valence-corrected chi connectivity index (χ3v) is 3.89. The summed E-state index contributed by atoms with van der Waals surface area (Å²) < 4.78 is 0. The molecule has 0 bridgehead atoms. The Morgan fingerprint density at radius 3 is 2.29 bits per heavy atom. The molecule has 0 aromatic heterocycles. The van der Waals surface area contributed by atoms with E-state index in [1.807, 2.05) is 25.1 Å². The van der Waals surface area contributed by atoms with Gasteiger partial charge in [0.05, 0.1) is 6.54 Å². The number of carbonyl (C=O) groups excluding carboxylic acids is 2. The van der Waals surface area contributed by atoms with Crippen LogP contribution in [-0.2, 0) is 9.59 Å². The van der Waals surface area contributed by atoms with Gasteiger partial charge in [-0.15, -0.1) is 0 Å². The molecule has 0 heterocycles. The zero-order chi connectivity index (χ0) is 17.5. The quantitative estimate of drug-likeness (QED) is 0.739.